The van der Waals surface area contributed by atoms with E-state index in [1.54, 1.807) is 25.3 Å². The quantitative estimate of drug-likeness (QED) is 0.0731. The molecule has 3 aliphatic heterocycles. The van der Waals surface area contributed by atoms with Gasteiger partial charge >= 0.3 is 5.97 Å². The Labute approximate surface area is 359 Å². The number of hydrogen-bond acceptors (Lipinski definition) is 11. The van der Waals surface area contributed by atoms with Crippen molar-refractivity contribution in [3.63, 3.8) is 0 Å². The first-order chi connectivity index (χ1) is 29.4. The summed E-state index contributed by atoms with van der Waals surface area (Å²) >= 11 is 0. The fraction of sp³-hybridized carbons (Fsp3) is 0.612. The van der Waals surface area contributed by atoms with Gasteiger partial charge in [0.25, 0.3) is 0 Å². The van der Waals surface area contributed by atoms with Gasteiger partial charge in [0.1, 0.15) is 36.3 Å². The minimum Gasteiger partial charge on any atom is -0.478 e. The van der Waals surface area contributed by atoms with Crippen molar-refractivity contribution in [2.75, 3.05) is 20.3 Å². The Morgan fingerprint density at radius 3 is 2.48 bits per heavy atom. The predicted octanol–water partition coefficient (Wildman–Crippen LogP) is 4.88. The molecule has 2 saturated carbocycles. The van der Waals surface area contributed by atoms with Gasteiger partial charge in [-0.15, -0.1) is 6.58 Å². The van der Waals surface area contributed by atoms with Crippen LogP contribution < -0.4 is 4.74 Å². The molecule has 1 spiro atoms. The number of aryl methyl sites for hydroxylation is 1. The fourth-order valence-corrected chi connectivity index (χ4v) is 11.6. The van der Waals surface area contributed by atoms with Crippen LogP contribution in [0.25, 0.3) is 0 Å². The maximum absolute atomic E-state index is 12.9. The molecule has 3 fully saturated rings. The van der Waals surface area contributed by atoms with Gasteiger partial charge in [-0.05, 0) is 135 Å². The largest absolute Gasteiger partial charge is 0.478 e. The van der Waals surface area contributed by atoms with E-state index in [0.717, 1.165) is 48.8 Å². The summed E-state index contributed by atoms with van der Waals surface area (Å²) in [4.78, 5) is 11.6. The van der Waals surface area contributed by atoms with Crippen LogP contribution in [0.4, 0.5) is 0 Å². The van der Waals surface area contributed by atoms with Crippen LogP contribution in [0.5, 0.6) is 5.75 Å². The molecular weight excluding hydrogens is 781 g/mol. The number of ether oxygens (including phenoxy) is 4. The maximum atomic E-state index is 12.9. The first-order valence-electron chi connectivity index (χ1n) is 22.1. The van der Waals surface area contributed by atoms with Gasteiger partial charge in [0.15, 0.2) is 5.60 Å². The number of carbonyl (C=O) groups is 1. The Morgan fingerprint density at radius 1 is 1.00 bits per heavy atom. The molecule has 8 rings (SSSR count). The van der Waals surface area contributed by atoms with Crippen LogP contribution >= 0.6 is 0 Å². The molecule has 332 valence electrons. The number of fused-ring (bicyclic) bond motifs is 10. The number of benzene rings is 2. The number of allylic oxidation sites excluding steroid dienone is 2. The molecule has 3 aliphatic carbocycles. The smallest absolute Gasteiger partial charge is 0.335 e. The third kappa shape index (κ3) is 9.32. The monoisotopic (exact) mass is 844 g/mol. The van der Waals surface area contributed by atoms with Crippen molar-refractivity contribution < 1.29 is 59.5 Å². The number of rotatable bonds is 15. The molecular formula is C49H64O12. The second kappa shape index (κ2) is 19.3. The Hall–Kier alpha value is -3.77. The summed E-state index contributed by atoms with van der Waals surface area (Å²) < 4.78 is 24.2. The van der Waals surface area contributed by atoms with Crippen molar-refractivity contribution in [1.29, 1.82) is 0 Å². The molecule has 12 heteroatoms. The summed E-state index contributed by atoms with van der Waals surface area (Å²) in [5.74, 6) is 1.07. The number of aliphatic hydroxyl groups is 6. The van der Waals surface area contributed by atoms with E-state index in [-0.39, 0.29) is 48.7 Å². The molecule has 12 atom stereocenters. The van der Waals surface area contributed by atoms with Gasteiger partial charge in [-0.25, -0.2) is 4.79 Å². The summed E-state index contributed by atoms with van der Waals surface area (Å²) in [6.45, 7) is 4.31. The molecule has 6 aliphatic rings. The van der Waals surface area contributed by atoms with Crippen molar-refractivity contribution >= 4 is 5.97 Å². The van der Waals surface area contributed by atoms with E-state index in [0.29, 0.717) is 50.9 Å². The molecule has 0 aromatic heterocycles. The molecule has 1 saturated heterocycles. The summed E-state index contributed by atoms with van der Waals surface area (Å²) in [6, 6.07) is 12.6. The zero-order valence-electron chi connectivity index (χ0n) is 35.2. The van der Waals surface area contributed by atoms with E-state index in [9.17, 15) is 40.5 Å². The van der Waals surface area contributed by atoms with Crippen molar-refractivity contribution in [1.82, 2.24) is 0 Å². The highest BCUT2D eigenvalue weighted by atomic mass is 16.7. The van der Waals surface area contributed by atoms with Gasteiger partial charge in [-0.1, -0.05) is 55.2 Å². The highest BCUT2D eigenvalue weighted by Gasteiger charge is 2.64. The average Bonchev–Trinajstić information content (AvgIpc) is 3.83. The molecule has 0 radical (unpaired) electrons. The van der Waals surface area contributed by atoms with E-state index in [1.165, 1.54) is 0 Å². The van der Waals surface area contributed by atoms with Gasteiger partial charge in [-0.2, -0.15) is 0 Å². The van der Waals surface area contributed by atoms with Crippen LogP contribution in [0.3, 0.4) is 0 Å². The molecule has 2 aromatic rings. The normalized spacial score (nSPS) is 35.3. The Morgan fingerprint density at radius 2 is 1.77 bits per heavy atom. The van der Waals surface area contributed by atoms with Crippen molar-refractivity contribution in [2.24, 2.45) is 29.1 Å². The zero-order valence-corrected chi connectivity index (χ0v) is 35.2. The van der Waals surface area contributed by atoms with E-state index in [2.05, 4.69) is 30.8 Å². The second-order valence-corrected chi connectivity index (χ2v) is 18.3. The molecule has 2 bridgehead atoms. The third-order valence-electron chi connectivity index (χ3n) is 14.6. The number of aromatic carboxylic acids is 1. The molecule has 61 heavy (non-hydrogen) atoms. The molecule has 12 nitrogen and oxygen atoms in total. The van der Waals surface area contributed by atoms with E-state index >= 15 is 0 Å². The predicted molar refractivity (Wildman–Crippen MR) is 226 cm³/mol. The zero-order chi connectivity index (χ0) is 43.4. The fourth-order valence-electron chi connectivity index (χ4n) is 11.6. The summed E-state index contributed by atoms with van der Waals surface area (Å²) in [5, 5.41) is 80.6. The average molecular weight is 845 g/mol. The Kier molecular flexibility index (Phi) is 14.3. The number of aliphatic hydroxyl groups excluding tert-OH is 4. The van der Waals surface area contributed by atoms with E-state index < -0.39 is 65.8 Å². The third-order valence-corrected chi connectivity index (χ3v) is 14.6. The Balaban J connectivity index is 1.22. The van der Waals surface area contributed by atoms with Crippen LogP contribution in [0.2, 0.25) is 0 Å². The number of carboxylic acid groups (broad SMARTS) is 1. The highest BCUT2D eigenvalue weighted by Crippen LogP contribution is 2.65. The molecule has 2 aromatic carbocycles. The molecule has 0 amide bonds. The molecule has 12 unspecified atom stereocenters. The minimum atomic E-state index is -2.26. The number of carboxylic acids is 1. The van der Waals surface area contributed by atoms with Gasteiger partial charge in [0, 0.05) is 32.7 Å². The SMILES string of the molecule is C=CCc1ccc(OC2OC3C(CCCO)OC#CCC(O)C(C4C=CC5C(O)(C4)CC(Cc4ccc(C(=O)O)cc4)C54CCCC4)CC2(O)C(O)C3O)cc1CCCOC. The van der Waals surface area contributed by atoms with Crippen molar-refractivity contribution in [3.8, 4) is 17.8 Å². The molecule has 7 N–H and O–H groups in total. The first kappa shape index (κ1) is 45.3. The Bertz CT molecular complexity index is 1910. The van der Waals surface area contributed by atoms with Gasteiger partial charge < -0.3 is 54.7 Å². The lowest BCUT2D eigenvalue weighted by Gasteiger charge is -2.51. The summed E-state index contributed by atoms with van der Waals surface area (Å²) in [6.07, 6.45) is 8.30. The lowest BCUT2D eigenvalue weighted by atomic mass is 9.62. The maximum Gasteiger partial charge on any atom is 0.335 e. The van der Waals surface area contributed by atoms with Gasteiger partial charge in [0.2, 0.25) is 6.29 Å². The van der Waals surface area contributed by atoms with Crippen LogP contribution in [0.15, 0.2) is 67.3 Å². The highest BCUT2D eigenvalue weighted by molar-refractivity contribution is 5.87. The van der Waals surface area contributed by atoms with Crippen LogP contribution in [0, 0.1) is 41.1 Å². The second-order valence-electron chi connectivity index (χ2n) is 18.3. The number of hydrogen-bond donors (Lipinski definition) is 7. The number of methoxy groups -OCH3 is 1. The lowest BCUT2D eigenvalue weighted by Crippen LogP contribution is -2.70. The summed E-state index contributed by atoms with van der Waals surface area (Å²) in [7, 11) is 1.65. The van der Waals surface area contributed by atoms with Gasteiger partial charge in [-0.3, -0.25) is 0 Å². The lowest BCUT2D eigenvalue weighted by molar-refractivity contribution is -0.334. The van der Waals surface area contributed by atoms with Crippen LogP contribution in [0.1, 0.15) is 97.7 Å². The van der Waals surface area contributed by atoms with Crippen molar-refractivity contribution in [2.45, 2.75) is 138 Å². The summed E-state index contributed by atoms with van der Waals surface area (Å²) in [5.41, 5.74) is -0.237. The minimum absolute atomic E-state index is 0.0239. The van der Waals surface area contributed by atoms with Gasteiger partial charge in [0.05, 0.1) is 17.3 Å². The standard InChI is InChI=1S/C49H64O12/c1-3-9-32-17-19-37(27-34(32)10-7-24-58-2)60-46-49(57)30-38(39(51)11-8-25-59-40(12-6-23-50)43(61-46)42(52)44(49)53)35-18-20-41-47(21-4-5-22-47)36(29-48(41,56)28-35)26-31-13-15-33(16-14-31)45(54)55/h3,13-20,27,35-36,38-44,46,50-53,56-57H,1,4-7,9-12,21-24,26,28-30H2,2H3,(H,54,55). The van der Waals surface area contributed by atoms with E-state index in [1.807, 2.05) is 30.3 Å². The topological polar surface area (TPSA) is 196 Å². The van der Waals surface area contributed by atoms with Crippen molar-refractivity contribution in [3.05, 3.63) is 89.5 Å². The van der Waals surface area contributed by atoms with Crippen LogP contribution in [-0.2, 0) is 33.5 Å². The van der Waals surface area contributed by atoms with Crippen LogP contribution in [-0.4, -0.2) is 110 Å². The molecule has 3 heterocycles. The first-order valence-corrected chi connectivity index (χ1v) is 22.1. The van der Waals surface area contributed by atoms with E-state index in [4.69, 9.17) is 18.9 Å².